The molecule has 1 heterocycles. The van der Waals surface area contributed by atoms with Crippen molar-refractivity contribution in [2.24, 2.45) is 5.92 Å². The number of nitrogens with zero attached hydrogens (tertiary/aromatic N) is 1. The van der Waals surface area contributed by atoms with Gasteiger partial charge < -0.3 is 20.4 Å². The number of hydrogen-bond acceptors (Lipinski definition) is 2. The number of aryl methyl sites for hydroxylation is 1. The molecule has 6 heteroatoms. The monoisotopic (exact) mass is 419 g/mol. The number of rotatable bonds is 9. The topological polar surface area (TPSA) is 48.8 Å². The SMILES string of the molecule is CCCC[C@@H](CC)CNC(=S)N1CC[NH+](CC(=O)Nc2cccc(C)c2C)CC1. The molecule has 1 atom stereocenters. The smallest absolute Gasteiger partial charge is 0.279 e. The molecule has 2 rings (SSSR count). The van der Waals surface area contributed by atoms with Crippen molar-refractivity contribution in [1.29, 1.82) is 0 Å². The van der Waals surface area contributed by atoms with Gasteiger partial charge in [0.15, 0.2) is 11.7 Å². The minimum absolute atomic E-state index is 0.0876. The normalized spacial score (nSPS) is 15.8. The number of amides is 1. The second-order valence-electron chi connectivity index (χ2n) is 8.31. The van der Waals surface area contributed by atoms with E-state index in [-0.39, 0.29) is 5.91 Å². The first-order valence-corrected chi connectivity index (χ1v) is 11.6. The Bertz CT molecular complexity index is 671. The van der Waals surface area contributed by atoms with Crippen LogP contribution in [0.5, 0.6) is 0 Å². The van der Waals surface area contributed by atoms with E-state index in [9.17, 15) is 4.79 Å². The zero-order valence-corrected chi connectivity index (χ0v) is 19.5. The number of piperazine rings is 1. The molecule has 162 valence electrons. The largest absolute Gasteiger partial charge is 0.362 e. The lowest BCUT2D eigenvalue weighted by Crippen LogP contribution is -3.15. The maximum absolute atomic E-state index is 12.5. The van der Waals surface area contributed by atoms with Gasteiger partial charge in [0, 0.05) is 12.2 Å². The third-order valence-electron chi connectivity index (χ3n) is 6.13. The van der Waals surface area contributed by atoms with E-state index in [1.54, 1.807) is 0 Å². The van der Waals surface area contributed by atoms with Crippen LogP contribution in [0.15, 0.2) is 18.2 Å². The molecule has 5 nitrogen and oxygen atoms in total. The average molecular weight is 420 g/mol. The second kappa shape index (κ2) is 12.1. The number of unbranched alkanes of at least 4 members (excludes halogenated alkanes) is 1. The van der Waals surface area contributed by atoms with Gasteiger partial charge in [-0.05, 0) is 55.6 Å². The molecule has 1 fully saturated rings. The van der Waals surface area contributed by atoms with Crippen LogP contribution in [0, 0.1) is 19.8 Å². The number of carbonyl (C=O) groups excluding carboxylic acids is 1. The fourth-order valence-corrected chi connectivity index (χ4v) is 4.06. The van der Waals surface area contributed by atoms with Crippen molar-refractivity contribution < 1.29 is 9.69 Å². The minimum Gasteiger partial charge on any atom is -0.362 e. The van der Waals surface area contributed by atoms with E-state index in [0.29, 0.717) is 12.5 Å². The first-order chi connectivity index (χ1) is 13.9. The molecule has 0 aliphatic carbocycles. The summed E-state index contributed by atoms with van der Waals surface area (Å²) in [6, 6.07) is 6.03. The Labute approximate surface area is 182 Å². The first kappa shape index (κ1) is 23.6. The van der Waals surface area contributed by atoms with Crippen LogP contribution in [-0.2, 0) is 4.79 Å². The number of thiocarbonyl (C=S) groups is 1. The highest BCUT2D eigenvalue weighted by molar-refractivity contribution is 7.80. The van der Waals surface area contributed by atoms with E-state index in [0.717, 1.165) is 49.1 Å². The molecule has 0 unspecified atom stereocenters. The van der Waals surface area contributed by atoms with Crippen LogP contribution in [0.4, 0.5) is 5.69 Å². The quantitative estimate of drug-likeness (QED) is 0.539. The van der Waals surface area contributed by atoms with Crippen LogP contribution >= 0.6 is 12.2 Å². The van der Waals surface area contributed by atoms with Gasteiger partial charge in [0.05, 0.1) is 26.2 Å². The highest BCUT2D eigenvalue weighted by atomic mass is 32.1. The van der Waals surface area contributed by atoms with Crippen molar-refractivity contribution in [2.75, 3.05) is 44.6 Å². The fraction of sp³-hybridized carbons (Fsp3) is 0.652. The van der Waals surface area contributed by atoms with Gasteiger partial charge in [-0.15, -0.1) is 0 Å². The van der Waals surface area contributed by atoms with Crippen molar-refractivity contribution in [2.45, 2.75) is 53.4 Å². The number of nitrogens with one attached hydrogen (secondary N) is 3. The fourth-order valence-electron chi connectivity index (χ4n) is 3.80. The summed E-state index contributed by atoms with van der Waals surface area (Å²) in [7, 11) is 0. The van der Waals surface area contributed by atoms with E-state index in [1.165, 1.54) is 36.1 Å². The van der Waals surface area contributed by atoms with E-state index < -0.39 is 0 Å². The molecule has 3 N–H and O–H groups in total. The maximum Gasteiger partial charge on any atom is 0.279 e. The molecule has 1 saturated heterocycles. The zero-order chi connectivity index (χ0) is 21.2. The molecule has 0 spiro atoms. The van der Waals surface area contributed by atoms with Crippen molar-refractivity contribution in [3.63, 3.8) is 0 Å². The molecule has 0 saturated carbocycles. The highest BCUT2D eigenvalue weighted by Gasteiger charge is 2.24. The number of hydrogen-bond donors (Lipinski definition) is 3. The number of quaternary nitrogens is 1. The molecule has 1 amide bonds. The van der Waals surface area contributed by atoms with Gasteiger partial charge in [0.25, 0.3) is 5.91 Å². The van der Waals surface area contributed by atoms with Crippen LogP contribution in [0.1, 0.15) is 50.7 Å². The molecular weight excluding hydrogens is 380 g/mol. The summed E-state index contributed by atoms with van der Waals surface area (Å²) in [6.07, 6.45) is 5.01. The Morgan fingerprint density at radius 1 is 1.24 bits per heavy atom. The van der Waals surface area contributed by atoms with Crippen molar-refractivity contribution >= 4 is 28.9 Å². The summed E-state index contributed by atoms with van der Waals surface area (Å²) in [5.74, 6) is 0.790. The molecule has 1 aliphatic rings. The molecule has 0 bridgehead atoms. The standard InChI is InChI=1S/C23H38N4OS/c1-5-7-10-20(6-2)16-24-23(29)27-14-12-26(13-15-27)17-22(28)25-21-11-8-9-18(3)19(21)4/h8-9,11,20H,5-7,10,12-17H2,1-4H3,(H,24,29)(H,25,28)/p+1/t20-/m1/s1. The molecule has 1 aromatic carbocycles. The van der Waals surface area contributed by atoms with Gasteiger partial charge in [-0.3, -0.25) is 4.79 Å². The molecular formula is C23H39N4OS+. The third-order valence-corrected chi connectivity index (χ3v) is 6.53. The number of anilines is 1. The van der Waals surface area contributed by atoms with Crippen molar-refractivity contribution in [3.05, 3.63) is 29.3 Å². The maximum atomic E-state index is 12.5. The Morgan fingerprint density at radius 3 is 2.62 bits per heavy atom. The highest BCUT2D eigenvalue weighted by Crippen LogP contribution is 2.17. The lowest BCUT2D eigenvalue weighted by atomic mass is 9.99. The van der Waals surface area contributed by atoms with E-state index >= 15 is 0 Å². The van der Waals surface area contributed by atoms with Gasteiger partial charge in [-0.2, -0.15) is 0 Å². The van der Waals surface area contributed by atoms with Crippen LogP contribution in [0.3, 0.4) is 0 Å². The lowest BCUT2D eigenvalue weighted by molar-refractivity contribution is -0.895. The van der Waals surface area contributed by atoms with Gasteiger partial charge in [0.1, 0.15) is 0 Å². The Kier molecular flexibility index (Phi) is 9.88. The van der Waals surface area contributed by atoms with Crippen LogP contribution in [0.25, 0.3) is 0 Å². The minimum atomic E-state index is 0.0876. The average Bonchev–Trinajstić information content (AvgIpc) is 2.72. The van der Waals surface area contributed by atoms with Gasteiger partial charge in [-0.25, -0.2) is 0 Å². The number of benzene rings is 1. The van der Waals surface area contributed by atoms with Crippen LogP contribution in [0.2, 0.25) is 0 Å². The molecule has 1 aromatic rings. The third kappa shape index (κ3) is 7.59. The summed E-state index contributed by atoms with van der Waals surface area (Å²) in [5, 5.41) is 7.43. The summed E-state index contributed by atoms with van der Waals surface area (Å²) >= 11 is 5.62. The van der Waals surface area contributed by atoms with Gasteiger partial charge in [0.2, 0.25) is 0 Å². The van der Waals surface area contributed by atoms with Crippen LogP contribution in [-0.4, -0.2) is 55.2 Å². The molecule has 29 heavy (non-hydrogen) atoms. The summed E-state index contributed by atoms with van der Waals surface area (Å²) < 4.78 is 0. The Morgan fingerprint density at radius 2 is 1.97 bits per heavy atom. The lowest BCUT2D eigenvalue weighted by Gasteiger charge is -2.34. The number of carbonyl (C=O) groups is 1. The van der Waals surface area contributed by atoms with Gasteiger partial charge in [-0.1, -0.05) is 45.2 Å². The first-order valence-electron chi connectivity index (χ1n) is 11.2. The van der Waals surface area contributed by atoms with E-state index in [1.807, 2.05) is 12.1 Å². The van der Waals surface area contributed by atoms with E-state index in [4.69, 9.17) is 12.2 Å². The van der Waals surface area contributed by atoms with Crippen LogP contribution < -0.4 is 15.5 Å². The Hall–Kier alpha value is -1.66. The summed E-state index contributed by atoms with van der Waals surface area (Å²) in [5.41, 5.74) is 3.26. The second-order valence-corrected chi connectivity index (χ2v) is 8.70. The predicted octanol–water partition coefficient (Wildman–Crippen LogP) is 2.53. The van der Waals surface area contributed by atoms with Crippen molar-refractivity contribution in [3.8, 4) is 0 Å². The predicted molar refractivity (Wildman–Crippen MR) is 126 cm³/mol. The zero-order valence-electron chi connectivity index (χ0n) is 18.6. The summed E-state index contributed by atoms with van der Waals surface area (Å²) in [4.78, 5) is 16.1. The molecule has 1 aliphatic heterocycles. The van der Waals surface area contributed by atoms with E-state index in [2.05, 4.69) is 49.3 Å². The molecule has 0 aromatic heterocycles. The summed E-state index contributed by atoms with van der Waals surface area (Å²) in [6.45, 7) is 13.8. The Balaban J connectivity index is 1.72. The van der Waals surface area contributed by atoms with Crippen molar-refractivity contribution in [1.82, 2.24) is 10.2 Å². The van der Waals surface area contributed by atoms with Gasteiger partial charge >= 0.3 is 0 Å². The molecule has 0 radical (unpaired) electrons.